The molecule has 0 aliphatic carbocycles. The third-order valence-electron chi connectivity index (χ3n) is 2.78. The number of benzene rings is 1. The zero-order valence-electron chi connectivity index (χ0n) is 10.7. The first-order chi connectivity index (χ1) is 9.15. The van der Waals surface area contributed by atoms with Gasteiger partial charge in [-0.2, -0.15) is 5.10 Å². The Labute approximate surface area is 116 Å². The van der Waals surface area contributed by atoms with Crippen LogP contribution in [0.15, 0.2) is 36.9 Å². The van der Waals surface area contributed by atoms with E-state index in [0.29, 0.717) is 24.5 Å². The van der Waals surface area contributed by atoms with Gasteiger partial charge in [-0.3, -0.25) is 9.48 Å². The Balaban J connectivity index is 1.83. The highest BCUT2D eigenvalue weighted by Crippen LogP contribution is 2.11. The van der Waals surface area contributed by atoms with Crippen LogP contribution in [-0.2, 0) is 17.9 Å². The molecule has 1 heterocycles. The molecule has 0 N–H and O–H groups in total. The lowest BCUT2D eigenvalue weighted by Crippen LogP contribution is -2.27. The van der Waals surface area contributed by atoms with Crippen LogP contribution in [-0.4, -0.2) is 32.6 Å². The number of hydrogen-bond acceptors (Lipinski definition) is 3. The molecule has 19 heavy (non-hydrogen) atoms. The van der Waals surface area contributed by atoms with Crippen molar-refractivity contribution in [2.45, 2.75) is 19.5 Å². The third kappa shape index (κ3) is 4.06. The number of amides is 1. The van der Waals surface area contributed by atoms with Crippen LogP contribution in [0.2, 0.25) is 5.02 Å². The van der Waals surface area contributed by atoms with E-state index >= 15 is 0 Å². The molecular weight excluding hydrogens is 264 g/mol. The van der Waals surface area contributed by atoms with E-state index in [1.807, 2.05) is 24.3 Å². The first kappa shape index (κ1) is 13.5. The Morgan fingerprint density at radius 1 is 1.37 bits per heavy atom. The lowest BCUT2D eigenvalue weighted by molar-refractivity contribution is -0.130. The van der Waals surface area contributed by atoms with Crippen LogP contribution in [0, 0.1) is 0 Å². The second-order valence-electron chi connectivity index (χ2n) is 4.28. The van der Waals surface area contributed by atoms with Gasteiger partial charge in [-0.25, -0.2) is 4.98 Å². The molecular formula is C13H15ClN4O. The van der Waals surface area contributed by atoms with E-state index in [1.165, 1.54) is 6.33 Å². The minimum atomic E-state index is 0.0745. The number of halogens is 1. The standard InChI is InChI=1S/C13H15ClN4O/c1-17(8-11-2-4-12(14)5-3-11)13(19)6-7-18-10-15-9-16-18/h2-5,9-10H,6-8H2,1H3. The fourth-order valence-electron chi connectivity index (χ4n) is 1.70. The van der Waals surface area contributed by atoms with Gasteiger partial charge in [-0.15, -0.1) is 0 Å². The molecule has 6 heteroatoms. The molecule has 0 atom stereocenters. The minimum Gasteiger partial charge on any atom is -0.341 e. The zero-order valence-corrected chi connectivity index (χ0v) is 11.4. The Morgan fingerprint density at radius 3 is 2.74 bits per heavy atom. The predicted molar refractivity (Wildman–Crippen MR) is 72.6 cm³/mol. The molecule has 0 aliphatic heterocycles. The van der Waals surface area contributed by atoms with Gasteiger partial charge < -0.3 is 4.90 Å². The van der Waals surface area contributed by atoms with Crippen molar-refractivity contribution < 1.29 is 4.79 Å². The molecule has 0 bridgehead atoms. The van der Waals surface area contributed by atoms with Crippen molar-refractivity contribution >= 4 is 17.5 Å². The van der Waals surface area contributed by atoms with E-state index in [-0.39, 0.29) is 5.91 Å². The molecule has 0 saturated carbocycles. The maximum atomic E-state index is 11.9. The van der Waals surface area contributed by atoms with Gasteiger partial charge in [0.2, 0.25) is 5.91 Å². The van der Waals surface area contributed by atoms with Crippen molar-refractivity contribution in [3.05, 3.63) is 47.5 Å². The molecule has 5 nitrogen and oxygen atoms in total. The number of aromatic nitrogens is 3. The molecule has 0 saturated heterocycles. The fourth-order valence-corrected chi connectivity index (χ4v) is 1.83. The summed E-state index contributed by atoms with van der Waals surface area (Å²) >= 11 is 5.82. The van der Waals surface area contributed by atoms with Crippen molar-refractivity contribution in [1.82, 2.24) is 19.7 Å². The topological polar surface area (TPSA) is 51.0 Å². The molecule has 1 aromatic heterocycles. The SMILES string of the molecule is CN(Cc1ccc(Cl)cc1)C(=O)CCn1cncn1. The van der Waals surface area contributed by atoms with Gasteiger partial charge in [-0.05, 0) is 17.7 Å². The highest BCUT2D eigenvalue weighted by atomic mass is 35.5. The van der Waals surface area contributed by atoms with Crippen molar-refractivity contribution in [3.8, 4) is 0 Å². The maximum absolute atomic E-state index is 11.9. The number of hydrogen-bond donors (Lipinski definition) is 0. The number of nitrogens with zero attached hydrogens (tertiary/aromatic N) is 4. The van der Waals surface area contributed by atoms with E-state index in [9.17, 15) is 4.79 Å². The number of aryl methyl sites for hydroxylation is 1. The first-order valence-corrected chi connectivity index (χ1v) is 6.34. The van der Waals surface area contributed by atoms with E-state index in [1.54, 1.807) is 23.0 Å². The van der Waals surface area contributed by atoms with Crippen LogP contribution in [0.4, 0.5) is 0 Å². The highest BCUT2D eigenvalue weighted by molar-refractivity contribution is 6.30. The van der Waals surface area contributed by atoms with Crippen LogP contribution in [0.5, 0.6) is 0 Å². The summed E-state index contributed by atoms with van der Waals surface area (Å²) in [6, 6.07) is 7.49. The van der Waals surface area contributed by atoms with Gasteiger partial charge in [0.05, 0.1) is 6.54 Å². The van der Waals surface area contributed by atoms with Crippen molar-refractivity contribution in [2.24, 2.45) is 0 Å². The summed E-state index contributed by atoms with van der Waals surface area (Å²) in [6.45, 7) is 1.12. The molecule has 0 radical (unpaired) electrons. The van der Waals surface area contributed by atoms with Crippen LogP contribution >= 0.6 is 11.6 Å². The van der Waals surface area contributed by atoms with Crippen molar-refractivity contribution in [2.75, 3.05) is 7.05 Å². The molecule has 1 amide bonds. The summed E-state index contributed by atoms with van der Waals surface area (Å²) < 4.78 is 1.65. The van der Waals surface area contributed by atoms with Gasteiger partial charge >= 0.3 is 0 Å². The van der Waals surface area contributed by atoms with Gasteiger partial charge in [0.15, 0.2) is 0 Å². The van der Waals surface area contributed by atoms with Crippen LogP contribution in [0.25, 0.3) is 0 Å². The summed E-state index contributed by atoms with van der Waals surface area (Å²) in [7, 11) is 1.79. The average molecular weight is 279 g/mol. The van der Waals surface area contributed by atoms with E-state index < -0.39 is 0 Å². The smallest absolute Gasteiger partial charge is 0.224 e. The number of carbonyl (C=O) groups is 1. The fraction of sp³-hybridized carbons (Fsp3) is 0.308. The molecule has 100 valence electrons. The number of carbonyl (C=O) groups excluding carboxylic acids is 1. The van der Waals surface area contributed by atoms with Crippen LogP contribution in [0.3, 0.4) is 0 Å². The molecule has 0 unspecified atom stereocenters. The molecule has 2 rings (SSSR count). The maximum Gasteiger partial charge on any atom is 0.224 e. The minimum absolute atomic E-state index is 0.0745. The summed E-state index contributed by atoms with van der Waals surface area (Å²) in [5.74, 6) is 0.0745. The monoisotopic (exact) mass is 278 g/mol. The van der Waals surface area contributed by atoms with Crippen molar-refractivity contribution in [1.29, 1.82) is 0 Å². The lowest BCUT2D eigenvalue weighted by Gasteiger charge is -2.17. The predicted octanol–water partition coefficient (Wildman–Crippen LogP) is 1.98. The summed E-state index contributed by atoms with van der Waals surface area (Å²) in [5, 5.41) is 4.66. The second-order valence-corrected chi connectivity index (χ2v) is 4.72. The van der Waals surface area contributed by atoms with E-state index in [2.05, 4.69) is 10.1 Å². The first-order valence-electron chi connectivity index (χ1n) is 5.96. The number of rotatable bonds is 5. The van der Waals surface area contributed by atoms with Gasteiger partial charge in [0.1, 0.15) is 12.7 Å². The average Bonchev–Trinajstić information content (AvgIpc) is 2.91. The Hall–Kier alpha value is -1.88. The third-order valence-corrected chi connectivity index (χ3v) is 3.03. The lowest BCUT2D eigenvalue weighted by atomic mass is 10.2. The van der Waals surface area contributed by atoms with Crippen LogP contribution in [0.1, 0.15) is 12.0 Å². The molecule has 1 aromatic carbocycles. The van der Waals surface area contributed by atoms with Crippen molar-refractivity contribution in [3.63, 3.8) is 0 Å². The Morgan fingerprint density at radius 2 is 2.11 bits per heavy atom. The van der Waals surface area contributed by atoms with E-state index in [0.717, 1.165) is 5.56 Å². The molecule has 0 aliphatic rings. The molecule has 0 fully saturated rings. The molecule has 0 spiro atoms. The molecule has 2 aromatic rings. The largest absolute Gasteiger partial charge is 0.341 e. The quantitative estimate of drug-likeness (QED) is 0.840. The van der Waals surface area contributed by atoms with E-state index in [4.69, 9.17) is 11.6 Å². The van der Waals surface area contributed by atoms with Gasteiger partial charge in [0.25, 0.3) is 0 Å². The second kappa shape index (κ2) is 6.33. The normalized spacial score (nSPS) is 10.4. The van der Waals surface area contributed by atoms with Gasteiger partial charge in [-0.1, -0.05) is 23.7 Å². The highest BCUT2D eigenvalue weighted by Gasteiger charge is 2.09. The van der Waals surface area contributed by atoms with Crippen LogP contribution < -0.4 is 0 Å². The summed E-state index contributed by atoms with van der Waals surface area (Å²) in [6.07, 6.45) is 3.47. The summed E-state index contributed by atoms with van der Waals surface area (Å²) in [5.41, 5.74) is 1.06. The Kier molecular flexibility index (Phi) is 4.52. The zero-order chi connectivity index (χ0) is 13.7. The summed E-state index contributed by atoms with van der Waals surface area (Å²) in [4.78, 5) is 17.5. The Bertz CT molecular complexity index is 524. The van der Waals surface area contributed by atoms with Gasteiger partial charge in [0, 0.05) is 25.0 Å².